The third-order valence-electron chi connectivity index (χ3n) is 6.31. The van der Waals surface area contributed by atoms with Crippen LogP contribution in [-0.2, 0) is 9.53 Å². The van der Waals surface area contributed by atoms with Gasteiger partial charge in [-0.15, -0.1) is 6.58 Å². The Morgan fingerprint density at radius 1 is 1.31 bits per heavy atom. The molecule has 1 aromatic carbocycles. The van der Waals surface area contributed by atoms with Crippen molar-refractivity contribution in [1.82, 2.24) is 0 Å². The van der Waals surface area contributed by atoms with Crippen LogP contribution >= 0.6 is 0 Å². The van der Waals surface area contributed by atoms with Crippen LogP contribution in [0.5, 0.6) is 11.5 Å². The van der Waals surface area contributed by atoms with Gasteiger partial charge in [0.15, 0.2) is 17.3 Å². The van der Waals surface area contributed by atoms with Gasteiger partial charge < -0.3 is 14.2 Å². The van der Waals surface area contributed by atoms with E-state index in [1.54, 1.807) is 6.08 Å². The quantitative estimate of drug-likeness (QED) is 0.757. The zero-order valence-electron chi connectivity index (χ0n) is 14.9. The van der Waals surface area contributed by atoms with Crippen LogP contribution in [0.1, 0.15) is 44.1 Å². The molecule has 4 aliphatic rings. The second-order valence-electron chi connectivity index (χ2n) is 7.86. The first-order valence-electron chi connectivity index (χ1n) is 9.23. The fraction of sp³-hybridized carbons (Fsp3) is 0.409. The highest BCUT2D eigenvalue weighted by Crippen LogP contribution is 2.60. The van der Waals surface area contributed by atoms with Gasteiger partial charge in [-0.2, -0.15) is 0 Å². The maximum Gasteiger partial charge on any atom is 0.231 e. The Balaban J connectivity index is 1.57. The number of hydrogen-bond acceptors (Lipinski definition) is 4. The van der Waals surface area contributed by atoms with Crippen molar-refractivity contribution < 1.29 is 19.0 Å². The van der Waals surface area contributed by atoms with Crippen molar-refractivity contribution in [2.45, 2.75) is 44.6 Å². The number of Topliss-reactive ketones (excluding diaryl/α,β-unsaturated/α-hetero) is 1. The second-order valence-corrected chi connectivity index (χ2v) is 7.86. The summed E-state index contributed by atoms with van der Waals surface area (Å²) in [5.41, 5.74) is 3.27. The minimum Gasteiger partial charge on any atom is -0.494 e. The molecule has 0 spiro atoms. The standard InChI is InChI=1S/C22H22O4/c1-3-4-14-7-17-20(10-18(14)23)26-15-9-16(22(17,2)11-15)13-5-6-19-21(8-13)25-12-24-19/h3,5-8,15-16H,1,4,9-12H2,2H3. The minimum absolute atomic E-state index is 0.0287. The van der Waals surface area contributed by atoms with E-state index in [0.717, 1.165) is 35.7 Å². The van der Waals surface area contributed by atoms with Crippen molar-refractivity contribution in [3.05, 3.63) is 59.4 Å². The van der Waals surface area contributed by atoms with E-state index in [1.807, 2.05) is 6.07 Å². The zero-order valence-corrected chi connectivity index (χ0v) is 14.9. The van der Waals surface area contributed by atoms with Crippen molar-refractivity contribution in [3.8, 4) is 11.5 Å². The van der Waals surface area contributed by atoms with Crippen LogP contribution < -0.4 is 9.47 Å². The Kier molecular flexibility index (Phi) is 3.33. The third kappa shape index (κ3) is 2.17. The second kappa shape index (κ2) is 5.50. The van der Waals surface area contributed by atoms with Crippen LogP contribution in [0.15, 0.2) is 53.8 Å². The lowest BCUT2D eigenvalue weighted by atomic mass is 9.68. The summed E-state index contributed by atoms with van der Waals surface area (Å²) in [7, 11) is 0. The van der Waals surface area contributed by atoms with Gasteiger partial charge in [0.25, 0.3) is 0 Å². The molecule has 0 amide bonds. The highest BCUT2D eigenvalue weighted by molar-refractivity contribution is 5.99. The molecule has 5 rings (SSSR count). The number of hydrogen-bond donors (Lipinski definition) is 0. The molecule has 1 aromatic rings. The molecule has 4 nitrogen and oxygen atoms in total. The van der Waals surface area contributed by atoms with Gasteiger partial charge in [-0.1, -0.05) is 19.1 Å². The number of rotatable bonds is 3. The van der Waals surface area contributed by atoms with Crippen LogP contribution in [0, 0.1) is 5.41 Å². The summed E-state index contributed by atoms with van der Waals surface area (Å²) < 4.78 is 17.3. The largest absolute Gasteiger partial charge is 0.494 e. The molecule has 4 heteroatoms. The number of ketones is 1. The van der Waals surface area contributed by atoms with Crippen LogP contribution in [-0.4, -0.2) is 18.7 Å². The van der Waals surface area contributed by atoms with Gasteiger partial charge in [-0.25, -0.2) is 0 Å². The summed E-state index contributed by atoms with van der Waals surface area (Å²) in [6.07, 6.45) is 6.99. The molecule has 134 valence electrons. The van der Waals surface area contributed by atoms with E-state index in [0.29, 0.717) is 18.8 Å². The lowest BCUT2D eigenvalue weighted by Crippen LogP contribution is -2.31. The monoisotopic (exact) mass is 350 g/mol. The van der Waals surface area contributed by atoms with E-state index in [9.17, 15) is 4.79 Å². The number of allylic oxidation sites excluding steroid dienone is 5. The smallest absolute Gasteiger partial charge is 0.231 e. The van der Waals surface area contributed by atoms with Gasteiger partial charge in [0, 0.05) is 5.41 Å². The summed E-state index contributed by atoms with van der Waals surface area (Å²) in [6.45, 7) is 6.39. The molecular formula is C22H22O4. The highest BCUT2D eigenvalue weighted by Gasteiger charge is 2.52. The number of fused-ring (bicyclic) bond motifs is 4. The average Bonchev–Trinajstić information content (AvgIpc) is 3.18. The van der Waals surface area contributed by atoms with Crippen molar-refractivity contribution in [1.29, 1.82) is 0 Å². The molecule has 1 saturated carbocycles. The lowest BCUT2D eigenvalue weighted by Gasteiger charge is -2.38. The zero-order chi connectivity index (χ0) is 17.9. The van der Waals surface area contributed by atoms with Crippen molar-refractivity contribution in [2.75, 3.05) is 6.79 Å². The molecule has 3 unspecified atom stereocenters. The van der Waals surface area contributed by atoms with E-state index in [2.05, 4.69) is 31.7 Å². The van der Waals surface area contributed by atoms with E-state index >= 15 is 0 Å². The molecule has 3 atom stereocenters. The first kappa shape index (κ1) is 15.7. The Hall–Kier alpha value is -2.49. The molecule has 26 heavy (non-hydrogen) atoms. The SMILES string of the molecule is C=CCC1=CC2=C(CC1=O)OC1CC(c3ccc4c(c3)OCO4)C2(C)C1. The molecule has 2 aliphatic heterocycles. The molecule has 0 aromatic heterocycles. The maximum absolute atomic E-state index is 12.4. The van der Waals surface area contributed by atoms with E-state index < -0.39 is 0 Å². The third-order valence-corrected chi connectivity index (χ3v) is 6.31. The Morgan fingerprint density at radius 3 is 3.00 bits per heavy atom. The Morgan fingerprint density at radius 2 is 2.15 bits per heavy atom. The van der Waals surface area contributed by atoms with Crippen LogP contribution in [0.25, 0.3) is 0 Å². The van der Waals surface area contributed by atoms with Crippen molar-refractivity contribution >= 4 is 5.78 Å². The van der Waals surface area contributed by atoms with Crippen LogP contribution in [0.2, 0.25) is 0 Å². The fourth-order valence-corrected chi connectivity index (χ4v) is 5.05. The Bertz CT molecular complexity index is 878. The normalized spacial score (nSPS) is 31.4. The van der Waals surface area contributed by atoms with Gasteiger partial charge in [0.2, 0.25) is 6.79 Å². The summed E-state index contributed by atoms with van der Waals surface area (Å²) in [6, 6.07) is 6.26. The molecule has 0 radical (unpaired) electrons. The molecule has 2 heterocycles. The number of carbonyl (C=O) groups excluding carboxylic acids is 1. The van der Waals surface area contributed by atoms with Gasteiger partial charge in [-0.05, 0) is 60.1 Å². The number of ether oxygens (including phenoxy) is 3. The molecule has 0 N–H and O–H groups in total. The average molecular weight is 350 g/mol. The highest BCUT2D eigenvalue weighted by atomic mass is 16.7. The van der Waals surface area contributed by atoms with Crippen LogP contribution in [0.4, 0.5) is 0 Å². The summed E-state index contributed by atoms with van der Waals surface area (Å²) in [5.74, 6) is 3.01. The Labute approximate surface area is 153 Å². The lowest BCUT2D eigenvalue weighted by molar-refractivity contribution is -0.116. The van der Waals surface area contributed by atoms with Crippen molar-refractivity contribution in [3.63, 3.8) is 0 Å². The summed E-state index contributed by atoms with van der Waals surface area (Å²) in [5, 5.41) is 0. The minimum atomic E-state index is -0.0287. The number of carbonyl (C=O) groups is 1. The fourth-order valence-electron chi connectivity index (χ4n) is 5.05. The van der Waals surface area contributed by atoms with Crippen LogP contribution in [0.3, 0.4) is 0 Å². The van der Waals surface area contributed by atoms with Gasteiger partial charge >= 0.3 is 0 Å². The molecule has 2 bridgehead atoms. The summed E-state index contributed by atoms with van der Waals surface area (Å²) >= 11 is 0. The molecule has 1 fully saturated rings. The number of benzene rings is 1. The first-order chi connectivity index (χ1) is 12.6. The van der Waals surface area contributed by atoms with Gasteiger partial charge in [0.05, 0.1) is 12.5 Å². The maximum atomic E-state index is 12.4. The van der Waals surface area contributed by atoms with E-state index in [1.165, 1.54) is 11.1 Å². The van der Waals surface area contributed by atoms with Gasteiger partial charge in [-0.3, -0.25) is 4.79 Å². The molecular weight excluding hydrogens is 328 g/mol. The molecule has 0 saturated heterocycles. The first-order valence-corrected chi connectivity index (χ1v) is 9.23. The molecule has 2 aliphatic carbocycles. The van der Waals surface area contributed by atoms with Crippen molar-refractivity contribution in [2.24, 2.45) is 5.41 Å². The summed E-state index contributed by atoms with van der Waals surface area (Å²) in [4.78, 5) is 12.4. The van der Waals surface area contributed by atoms with E-state index in [-0.39, 0.29) is 24.1 Å². The topological polar surface area (TPSA) is 44.8 Å². The predicted octanol–water partition coefficient (Wildman–Crippen LogP) is 4.43. The van der Waals surface area contributed by atoms with E-state index in [4.69, 9.17) is 14.2 Å². The predicted molar refractivity (Wildman–Crippen MR) is 97.1 cm³/mol. The van der Waals surface area contributed by atoms with Gasteiger partial charge in [0.1, 0.15) is 5.76 Å².